The summed E-state index contributed by atoms with van der Waals surface area (Å²) in [6, 6.07) is 19.8. The number of nitrogens with zero attached hydrogens (tertiary/aromatic N) is 3. The summed E-state index contributed by atoms with van der Waals surface area (Å²) in [4.78, 5) is 28.4. The first-order valence-corrected chi connectivity index (χ1v) is 13.1. The minimum absolute atomic E-state index is 0.0139. The zero-order chi connectivity index (χ0) is 27.3. The topological polar surface area (TPSA) is 151 Å². The van der Waals surface area contributed by atoms with Crippen molar-refractivity contribution in [1.82, 2.24) is 9.62 Å². The Morgan fingerprint density at radius 2 is 1.79 bits per heavy atom. The molecular weight excluding hydrogens is 512 g/mol. The van der Waals surface area contributed by atoms with Gasteiger partial charge in [0, 0.05) is 30.7 Å². The molecule has 198 valence electrons. The molecule has 2 N–H and O–H groups in total. The molecule has 2 atom stereocenters. The highest BCUT2D eigenvalue weighted by atomic mass is 32.2. The molecule has 0 saturated carbocycles. The molecule has 1 fully saturated rings. The molecule has 11 nitrogen and oxygen atoms in total. The van der Waals surface area contributed by atoms with Crippen LogP contribution in [0.15, 0.2) is 88.9 Å². The van der Waals surface area contributed by atoms with Crippen LogP contribution in [0.4, 0.5) is 5.69 Å². The van der Waals surface area contributed by atoms with Gasteiger partial charge < -0.3 is 15.3 Å². The van der Waals surface area contributed by atoms with Crippen LogP contribution in [0.1, 0.15) is 18.1 Å². The number of aliphatic hydroxyl groups is 1. The second-order valence-electron chi connectivity index (χ2n) is 8.58. The summed E-state index contributed by atoms with van der Waals surface area (Å²) in [5.41, 5.74) is 1.83. The number of nitro benzene ring substituents is 1. The molecular formula is C26H26N4O7S. The zero-order valence-corrected chi connectivity index (χ0v) is 21.2. The summed E-state index contributed by atoms with van der Waals surface area (Å²) >= 11 is 0. The minimum Gasteiger partial charge on any atom is -0.399 e. The number of rotatable bonds is 9. The van der Waals surface area contributed by atoms with Gasteiger partial charge in [0.15, 0.2) is 0 Å². The number of hydrogen-bond acceptors (Lipinski definition) is 8. The first-order chi connectivity index (χ1) is 18.2. The van der Waals surface area contributed by atoms with E-state index in [4.69, 9.17) is 4.84 Å². The van der Waals surface area contributed by atoms with E-state index in [9.17, 15) is 28.4 Å². The second kappa shape index (κ2) is 11.5. The highest BCUT2D eigenvalue weighted by Crippen LogP contribution is 2.32. The van der Waals surface area contributed by atoms with Gasteiger partial charge in [0.25, 0.3) is 5.69 Å². The Kier molecular flexibility index (Phi) is 8.15. The fourth-order valence-corrected chi connectivity index (χ4v) is 6.07. The molecule has 0 aliphatic carbocycles. The molecule has 1 amide bonds. The molecule has 1 unspecified atom stereocenters. The Labute approximate surface area is 219 Å². The number of aliphatic hydroxyl groups excluding tert-OH is 1. The van der Waals surface area contributed by atoms with Crippen molar-refractivity contribution in [3.8, 4) is 11.1 Å². The van der Waals surface area contributed by atoms with E-state index in [0.717, 1.165) is 4.31 Å². The van der Waals surface area contributed by atoms with Crippen LogP contribution in [0.5, 0.6) is 0 Å². The highest BCUT2D eigenvalue weighted by molar-refractivity contribution is 7.89. The minimum atomic E-state index is -4.16. The molecule has 4 rings (SSSR count). The lowest BCUT2D eigenvalue weighted by molar-refractivity contribution is -0.384. The number of sulfonamides is 1. The summed E-state index contributed by atoms with van der Waals surface area (Å²) in [6.45, 7) is -0.360. The normalized spacial score (nSPS) is 17.7. The highest BCUT2D eigenvalue weighted by Gasteiger charge is 2.43. The SMILES string of the molecule is CON=C1C[C@@H](C(=O)NCC(O)c2ccc([N+](=O)[O-])cc2)N(S(=O)(=O)c2ccccc2-c2ccccc2)C1. The molecule has 0 radical (unpaired) electrons. The third-order valence-electron chi connectivity index (χ3n) is 6.15. The maximum absolute atomic E-state index is 13.9. The van der Waals surface area contributed by atoms with Gasteiger partial charge >= 0.3 is 0 Å². The van der Waals surface area contributed by atoms with Crippen LogP contribution in [0.2, 0.25) is 0 Å². The third-order valence-corrected chi connectivity index (χ3v) is 8.07. The molecule has 1 aliphatic heterocycles. The molecule has 38 heavy (non-hydrogen) atoms. The maximum Gasteiger partial charge on any atom is 0.269 e. The van der Waals surface area contributed by atoms with E-state index in [2.05, 4.69) is 10.5 Å². The van der Waals surface area contributed by atoms with Crippen molar-refractivity contribution >= 4 is 27.3 Å². The Hall–Kier alpha value is -4.13. The van der Waals surface area contributed by atoms with Crippen LogP contribution in [0.25, 0.3) is 11.1 Å². The second-order valence-corrected chi connectivity index (χ2v) is 10.4. The van der Waals surface area contributed by atoms with E-state index in [0.29, 0.717) is 22.4 Å². The van der Waals surface area contributed by atoms with Crippen LogP contribution < -0.4 is 5.32 Å². The lowest BCUT2D eigenvalue weighted by Gasteiger charge is -2.24. The van der Waals surface area contributed by atoms with Gasteiger partial charge in [-0.05, 0) is 29.3 Å². The number of amides is 1. The number of carbonyl (C=O) groups excluding carboxylic acids is 1. The Morgan fingerprint density at radius 1 is 1.13 bits per heavy atom. The van der Waals surface area contributed by atoms with Gasteiger partial charge in [0.05, 0.1) is 28.2 Å². The molecule has 3 aromatic carbocycles. The van der Waals surface area contributed by atoms with Gasteiger partial charge in [-0.2, -0.15) is 4.31 Å². The number of hydrogen-bond donors (Lipinski definition) is 2. The first kappa shape index (κ1) is 26.9. The summed E-state index contributed by atoms with van der Waals surface area (Å²) in [5.74, 6) is -0.618. The molecule has 1 heterocycles. The number of carbonyl (C=O) groups is 1. The number of benzene rings is 3. The molecule has 0 bridgehead atoms. The Balaban J connectivity index is 1.57. The lowest BCUT2D eigenvalue weighted by atomic mass is 10.1. The Morgan fingerprint density at radius 3 is 2.45 bits per heavy atom. The summed E-state index contributed by atoms with van der Waals surface area (Å²) in [6.07, 6.45) is -1.14. The molecule has 0 spiro atoms. The molecule has 12 heteroatoms. The van der Waals surface area contributed by atoms with Crippen molar-refractivity contribution in [2.75, 3.05) is 20.2 Å². The van der Waals surface area contributed by atoms with Crippen LogP contribution in [0.3, 0.4) is 0 Å². The van der Waals surface area contributed by atoms with Crippen molar-refractivity contribution in [2.24, 2.45) is 5.16 Å². The van der Waals surface area contributed by atoms with Crippen molar-refractivity contribution < 1.29 is 28.1 Å². The average molecular weight is 539 g/mol. The standard InChI is InChI=1S/C26H26N4O7S/c1-37-28-20-15-23(26(32)27-16-24(31)19-11-13-21(14-12-19)30(33)34)29(17-20)38(35,36)25-10-6-5-9-22(25)18-7-3-2-4-8-18/h2-14,23-24,31H,15-17H2,1H3,(H,27,32)/t23-,24?/m0/s1. The number of nitrogens with one attached hydrogen (secondary N) is 1. The van der Waals surface area contributed by atoms with Gasteiger partial charge in [0.1, 0.15) is 13.2 Å². The lowest BCUT2D eigenvalue weighted by Crippen LogP contribution is -2.46. The quantitative estimate of drug-likeness (QED) is 0.314. The van der Waals surface area contributed by atoms with Crippen molar-refractivity contribution in [2.45, 2.75) is 23.5 Å². The van der Waals surface area contributed by atoms with Crippen molar-refractivity contribution in [3.05, 3.63) is 94.5 Å². The van der Waals surface area contributed by atoms with Crippen LogP contribution in [-0.2, 0) is 19.7 Å². The van der Waals surface area contributed by atoms with E-state index < -0.39 is 33.0 Å². The van der Waals surface area contributed by atoms with E-state index in [-0.39, 0.29) is 30.1 Å². The van der Waals surface area contributed by atoms with E-state index in [1.165, 1.54) is 37.4 Å². The van der Waals surface area contributed by atoms with Crippen LogP contribution in [0, 0.1) is 10.1 Å². The number of nitro groups is 1. The van der Waals surface area contributed by atoms with E-state index in [1.807, 2.05) is 18.2 Å². The predicted molar refractivity (Wildman–Crippen MR) is 140 cm³/mol. The predicted octanol–water partition coefficient (Wildman–Crippen LogP) is 2.88. The molecule has 3 aromatic rings. The van der Waals surface area contributed by atoms with E-state index in [1.54, 1.807) is 30.3 Å². The molecule has 1 aliphatic rings. The van der Waals surface area contributed by atoms with Gasteiger partial charge in [-0.25, -0.2) is 8.42 Å². The fraction of sp³-hybridized carbons (Fsp3) is 0.231. The van der Waals surface area contributed by atoms with Gasteiger partial charge in [-0.3, -0.25) is 14.9 Å². The number of non-ortho nitro benzene ring substituents is 1. The summed E-state index contributed by atoms with van der Waals surface area (Å²) in [7, 11) is -2.82. The monoisotopic (exact) mass is 538 g/mol. The molecule has 1 saturated heterocycles. The maximum atomic E-state index is 13.9. The summed E-state index contributed by atoms with van der Waals surface area (Å²) < 4.78 is 28.9. The van der Waals surface area contributed by atoms with Crippen molar-refractivity contribution in [1.29, 1.82) is 0 Å². The van der Waals surface area contributed by atoms with Gasteiger partial charge in [0.2, 0.25) is 15.9 Å². The summed E-state index contributed by atoms with van der Waals surface area (Å²) in [5, 5.41) is 27.8. The average Bonchev–Trinajstić information content (AvgIpc) is 3.37. The smallest absolute Gasteiger partial charge is 0.269 e. The van der Waals surface area contributed by atoms with E-state index >= 15 is 0 Å². The fourth-order valence-electron chi connectivity index (χ4n) is 4.28. The largest absolute Gasteiger partial charge is 0.399 e. The van der Waals surface area contributed by atoms with Gasteiger partial charge in [-0.1, -0.05) is 53.7 Å². The number of oxime groups is 1. The zero-order valence-electron chi connectivity index (χ0n) is 20.4. The molecule has 0 aromatic heterocycles. The first-order valence-electron chi connectivity index (χ1n) is 11.7. The Bertz CT molecular complexity index is 1440. The third kappa shape index (κ3) is 5.72. The van der Waals surface area contributed by atoms with Crippen LogP contribution >= 0.6 is 0 Å². The van der Waals surface area contributed by atoms with Crippen LogP contribution in [-0.4, -0.2) is 60.6 Å². The van der Waals surface area contributed by atoms with Crippen molar-refractivity contribution in [3.63, 3.8) is 0 Å². The van der Waals surface area contributed by atoms with Gasteiger partial charge in [-0.15, -0.1) is 0 Å².